The third-order valence-electron chi connectivity index (χ3n) is 6.65. The molecule has 1 aliphatic carbocycles. The van der Waals surface area contributed by atoms with Gasteiger partial charge in [-0.05, 0) is 78.2 Å². The highest BCUT2D eigenvalue weighted by molar-refractivity contribution is 5.69. The largest absolute Gasteiger partial charge is 0.474 e. The first-order valence-electron chi connectivity index (χ1n) is 11.8. The third kappa shape index (κ3) is 6.11. The lowest BCUT2D eigenvalue weighted by molar-refractivity contribution is -0.137. The maximum absolute atomic E-state index is 12.7. The zero-order chi connectivity index (χ0) is 23.8. The monoisotopic (exact) mass is 470 g/mol. The Labute approximate surface area is 192 Å². The van der Waals surface area contributed by atoms with Crippen molar-refractivity contribution in [1.29, 1.82) is 0 Å². The summed E-state index contributed by atoms with van der Waals surface area (Å²) < 4.78 is 55.8. The molecular formula is C24H33F3N2O4. The number of halogens is 3. The number of pyridine rings is 1. The first kappa shape index (κ1) is 24.1. The third-order valence-corrected chi connectivity index (χ3v) is 6.65. The molecule has 0 N–H and O–H groups in total. The summed E-state index contributed by atoms with van der Waals surface area (Å²) in [6.07, 6.45) is 3.28. The van der Waals surface area contributed by atoms with Crippen LogP contribution in [-0.2, 0) is 15.7 Å². The van der Waals surface area contributed by atoms with Gasteiger partial charge in [0.15, 0.2) is 0 Å². The number of piperidine rings is 1. The summed E-state index contributed by atoms with van der Waals surface area (Å²) in [6, 6.07) is 2.62. The average Bonchev–Trinajstić information content (AvgIpc) is 2.99. The molecule has 6 nitrogen and oxygen atoms in total. The fourth-order valence-corrected chi connectivity index (χ4v) is 5.20. The Morgan fingerprint density at radius 1 is 0.939 bits per heavy atom. The van der Waals surface area contributed by atoms with Crippen LogP contribution in [0.4, 0.5) is 18.0 Å². The summed E-state index contributed by atoms with van der Waals surface area (Å²) in [6.45, 7) is 5.66. The van der Waals surface area contributed by atoms with E-state index in [-0.39, 0.29) is 42.4 Å². The van der Waals surface area contributed by atoms with Crippen molar-refractivity contribution in [2.24, 2.45) is 0 Å². The van der Waals surface area contributed by atoms with Crippen molar-refractivity contribution in [3.8, 4) is 5.88 Å². The lowest BCUT2D eigenvalue weighted by atomic mass is 9.93. The van der Waals surface area contributed by atoms with Crippen LogP contribution in [0.25, 0.3) is 0 Å². The summed E-state index contributed by atoms with van der Waals surface area (Å²) >= 11 is 0. The number of hydrogen-bond acceptors (Lipinski definition) is 5. The van der Waals surface area contributed by atoms with E-state index in [0.29, 0.717) is 0 Å². The van der Waals surface area contributed by atoms with Crippen molar-refractivity contribution in [3.05, 3.63) is 23.9 Å². The number of hydrogen-bond donors (Lipinski definition) is 0. The lowest BCUT2D eigenvalue weighted by Gasteiger charge is -2.41. The first-order chi connectivity index (χ1) is 15.5. The molecule has 3 fully saturated rings. The van der Waals surface area contributed by atoms with Gasteiger partial charge in [-0.25, -0.2) is 9.78 Å². The Balaban J connectivity index is 1.22. The van der Waals surface area contributed by atoms with Gasteiger partial charge >= 0.3 is 12.3 Å². The average molecular weight is 471 g/mol. The molecule has 3 heterocycles. The van der Waals surface area contributed by atoms with Crippen LogP contribution in [0, 0.1) is 0 Å². The molecule has 0 radical (unpaired) electrons. The summed E-state index contributed by atoms with van der Waals surface area (Å²) in [4.78, 5) is 18.3. The molecule has 3 atom stereocenters. The van der Waals surface area contributed by atoms with Crippen LogP contribution in [0.2, 0.25) is 0 Å². The molecule has 0 spiro atoms. The summed E-state index contributed by atoms with van der Waals surface area (Å²) in [5.74, 6) is 0.221. The van der Waals surface area contributed by atoms with Gasteiger partial charge in [-0.1, -0.05) is 0 Å². The lowest BCUT2D eigenvalue weighted by Crippen LogP contribution is -2.50. The first-order valence-corrected chi connectivity index (χ1v) is 11.8. The predicted octanol–water partition coefficient (Wildman–Crippen LogP) is 5.74. The Hall–Kier alpha value is -2.03. The van der Waals surface area contributed by atoms with Crippen molar-refractivity contribution >= 4 is 6.09 Å². The van der Waals surface area contributed by atoms with E-state index in [1.807, 2.05) is 25.7 Å². The normalized spacial score (nSPS) is 30.2. The molecule has 2 bridgehead atoms. The van der Waals surface area contributed by atoms with Crippen LogP contribution in [-0.4, -0.2) is 52.0 Å². The minimum atomic E-state index is -4.40. The standard InChI is InChI=1S/C24H33F3N2O4/c1-23(2,3)33-22(30)29-16-5-6-17(29)13-20(12-16)31-18-7-9-19(10-8-18)32-21-11-4-15(14-28-21)24(25,26)27/h4,11,14,16-20H,5-10,12-13H2,1-3H3/t16-,17+,18-,19-,20-. The second kappa shape index (κ2) is 9.31. The van der Waals surface area contributed by atoms with E-state index in [4.69, 9.17) is 14.2 Å². The van der Waals surface area contributed by atoms with Crippen LogP contribution < -0.4 is 4.74 Å². The molecule has 1 amide bonds. The number of fused-ring (bicyclic) bond motifs is 2. The zero-order valence-corrected chi connectivity index (χ0v) is 19.4. The second-order valence-corrected chi connectivity index (χ2v) is 10.4. The summed E-state index contributed by atoms with van der Waals surface area (Å²) in [5.41, 5.74) is -1.28. The number of aromatic nitrogens is 1. The van der Waals surface area contributed by atoms with E-state index in [2.05, 4.69) is 4.98 Å². The molecular weight excluding hydrogens is 437 g/mol. The van der Waals surface area contributed by atoms with Gasteiger partial charge in [0.1, 0.15) is 11.7 Å². The predicted molar refractivity (Wildman–Crippen MR) is 115 cm³/mol. The highest BCUT2D eigenvalue weighted by atomic mass is 19.4. The summed E-state index contributed by atoms with van der Waals surface area (Å²) in [5, 5.41) is 0. The Morgan fingerprint density at radius 2 is 1.55 bits per heavy atom. The maximum Gasteiger partial charge on any atom is 0.417 e. The summed E-state index contributed by atoms with van der Waals surface area (Å²) in [7, 11) is 0. The minimum absolute atomic E-state index is 0.0701. The minimum Gasteiger partial charge on any atom is -0.474 e. The fraction of sp³-hybridized carbons (Fsp3) is 0.750. The van der Waals surface area contributed by atoms with E-state index in [0.717, 1.165) is 63.6 Å². The van der Waals surface area contributed by atoms with Gasteiger partial charge in [-0.3, -0.25) is 0 Å². The SMILES string of the molecule is CC(C)(C)OC(=O)N1[C@@H]2CC[C@H]1C[C@H](O[C@H]1CC[C@H](Oc3ccc(C(F)(F)F)cn3)CC1)C2. The quantitative estimate of drug-likeness (QED) is 0.562. The fourth-order valence-electron chi connectivity index (χ4n) is 5.20. The van der Waals surface area contributed by atoms with E-state index in [1.54, 1.807) is 0 Å². The van der Waals surface area contributed by atoms with E-state index in [1.165, 1.54) is 6.07 Å². The molecule has 1 aromatic heterocycles. The van der Waals surface area contributed by atoms with Crippen molar-refractivity contribution in [1.82, 2.24) is 9.88 Å². The Morgan fingerprint density at radius 3 is 2.06 bits per heavy atom. The molecule has 4 rings (SSSR count). The molecule has 184 valence electrons. The number of carbonyl (C=O) groups excluding carboxylic acids is 1. The number of nitrogens with zero attached hydrogens (tertiary/aromatic N) is 2. The van der Waals surface area contributed by atoms with Gasteiger partial charge in [-0.15, -0.1) is 0 Å². The van der Waals surface area contributed by atoms with Crippen molar-refractivity contribution in [3.63, 3.8) is 0 Å². The van der Waals surface area contributed by atoms with Gasteiger partial charge in [-0.2, -0.15) is 13.2 Å². The molecule has 1 aromatic rings. The number of alkyl halides is 3. The van der Waals surface area contributed by atoms with Crippen molar-refractivity contribution in [2.75, 3.05) is 0 Å². The molecule has 0 aromatic carbocycles. The van der Waals surface area contributed by atoms with Crippen LogP contribution >= 0.6 is 0 Å². The van der Waals surface area contributed by atoms with E-state index < -0.39 is 17.3 Å². The number of carbonyl (C=O) groups is 1. The van der Waals surface area contributed by atoms with Crippen LogP contribution in [0.15, 0.2) is 18.3 Å². The second-order valence-electron chi connectivity index (χ2n) is 10.4. The van der Waals surface area contributed by atoms with Gasteiger partial charge in [0.2, 0.25) is 5.88 Å². The Bertz CT molecular complexity index is 802. The highest BCUT2D eigenvalue weighted by Gasteiger charge is 2.45. The van der Waals surface area contributed by atoms with E-state index in [9.17, 15) is 18.0 Å². The molecule has 2 aliphatic heterocycles. The number of amides is 1. The maximum atomic E-state index is 12.7. The molecule has 33 heavy (non-hydrogen) atoms. The molecule has 3 aliphatic rings. The van der Waals surface area contributed by atoms with Crippen LogP contribution in [0.3, 0.4) is 0 Å². The van der Waals surface area contributed by atoms with Crippen LogP contribution in [0.5, 0.6) is 5.88 Å². The smallest absolute Gasteiger partial charge is 0.417 e. The Kier molecular flexibility index (Phi) is 6.80. The topological polar surface area (TPSA) is 60.9 Å². The number of rotatable bonds is 4. The molecule has 0 unspecified atom stereocenters. The van der Waals surface area contributed by atoms with Gasteiger partial charge < -0.3 is 19.1 Å². The molecule has 2 saturated heterocycles. The van der Waals surface area contributed by atoms with Gasteiger partial charge in [0.25, 0.3) is 0 Å². The molecule has 1 saturated carbocycles. The zero-order valence-electron chi connectivity index (χ0n) is 19.4. The van der Waals surface area contributed by atoms with E-state index >= 15 is 0 Å². The van der Waals surface area contributed by atoms with Crippen molar-refractivity contribution < 1.29 is 32.2 Å². The number of ether oxygens (including phenoxy) is 3. The van der Waals surface area contributed by atoms with Crippen molar-refractivity contribution in [2.45, 2.75) is 114 Å². The van der Waals surface area contributed by atoms with Gasteiger partial charge in [0, 0.05) is 24.3 Å². The molecule has 9 heteroatoms. The van der Waals surface area contributed by atoms with Gasteiger partial charge in [0.05, 0.1) is 17.8 Å². The highest BCUT2D eigenvalue weighted by Crippen LogP contribution is 2.39. The van der Waals surface area contributed by atoms with Crippen LogP contribution in [0.1, 0.15) is 77.7 Å².